The van der Waals surface area contributed by atoms with Crippen molar-refractivity contribution in [1.82, 2.24) is 5.32 Å². The maximum absolute atomic E-state index is 5.41. The van der Waals surface area contributed by atoms with E-state index in [0.29, 0.717) is 11.5 Å². The van der Waals surface area contributed by atoms with Gasteiger partial charge in [-0.1, -0.05) is 27.7 Å². The first-order chi connectivity index (χ1) is 6.55. The molecule has 1 N–H and O–H groups in total. The molecule has 1 heterocycles. The fourth-order valence-corrected chi connectivity index (χ4v) is 2.45. The lowest BCUT2D eigenvalue weighted by Gasteiger charge is -2.39. The van der Waals surface area contributed by atoms with E-state index in [2.05, 4.69) is 33.0 Å². The molecule has 0 saturated carbocycles. The summed E-state index contributed by atoms with van der Waals surface area (Å²) in [5.74, 6) is 0.795. The summed E-state index contributed by atoms with van der Waals surface area (Å²) < 4.78 is 5.41. The van der Waals surface area contributed by atoms with Crippen LogP contribution in [0, 0.1) is 11.3 Å². The standard InChI is InChI=1S/C12H25NO/c1-5-13-11(12(2,3)4)10-6-8-14-9-7-10/h10-11,13H,5-9H2,1-4H3. The highest BCUT2D eigenvalue weighted by atomic mass is 16.5. The molecule has 0 aliphatic carbocycles. The zero-order valence-electron chi connectivity index (χ0n) is 10.1. The molecule has 2 nitrogen and oxygen atoms in total. The van der Waals surface area contributed by atoms with Crippen molar-refractivity contribution in [2.24, 2.45) is 11.3 Å². The molecule has 84 valence electrons. The highest BCUT2D eigenvalue weighted by Crippen LogP contribution is 2.30. The molecule has 0 spiro atoms. The van der Waals surface area contributed by atoms with Gasteiger partial charge in [0.2, 0.25) is 0 Å². The van der Waals surface area contributed by atoms with E-state index in [4.69, 9.17) is 4.74 Å². The molecule has 1 aliphatic rings. The van der Waals surface area contributed by atoms with E-state index < -0.39 is 0 Å². The molecule has 14 heavy (non-hydrogen) atoms. The zero-order valence-corrected chi connectivity index (χ0v) is 10.1. The van der Waals surface area contributed by atoms with Crippen LogP contribution in [0.5, 0.6) is 0 Å². The molecule has 0 aromatic heterocycles. The Bertz CT molecular complexity index is 156. The molecule has 1 atom stereocenters. The van der Waals surface area contributed by atoms with Crippen LogP contribution in [-0.2, 0) is 4.74 Å². The van der Waals surface area contributed by atoms with Crippen molar-refractivity contribution in [2.75, 3.05) is 19.8 Å². The molecule has 1 saturated heterocycles. The Morgan fingerprint density at radius 1 is 1.29 bits per heavy atom. The van der Waals surface area contributed by atoms with Crippen LogP contribution in [0.25, 0.3) is 0 Å². The Labute approximate surface area is 88.4 Å². The van der Waals surface area contributed by atoms with Gasteiger partial charge in [0.05, 0.1) is 0 Å². The molecule has 0 aromatic rings. The number of rotatable bonds is 3. The van der Waals surface area contributed by atoms with Crippen molar-refractivity contribution in [3.05, 3.63) is 0 Å². The Morgan fingerprint density at radius 3 is 2.29 bits per heavy atom. The van der Waals surface area contributed by atoms with Crippen molar-refractivity contribution in [2.45, 2.75) is 46.6 Å². The number of hydrogen-bond donors (Lipinski definition) is 1. The van der Waals surface area contributed by atoms with Crippen LogP contribution in [-0.4, -0.2) is 25.8 Å². The van der Waals surface area contributed by atoms with Gasteiger partial charge in [0.1, 0.15) is 0 Å². The molecule has 1 aliphatic heterocycles. The van der Waals surface area contributed by atoms with Crippen LogP contribution in [0.4, 0.5) is 0 Å². The number of hydrogen-bond acceptors (Lipinski definition) is 2. The van der Waals surface area contributed by atoms with Gasteiger partial charge >= 0.3 is 0 Å². The molecular formula is C12H25NO. The Kier molecular flexibility index (Phi) is 4.39. The highest BCUT2D eigenvalue weighted by Gasteiger charge is 2.32. The predicted octanol–water partition coefficient (Wildman–Crippen LogP) is 2.44. The van der Waals surface area contributed by atoms with Crippen LogP contribution in [0.1, 0.15) is 40.5 Å². The molecule has 0 amide bonds. The normalized spacial score (nSPS) is 22.3. The van der Waals surface area contributed by atoms with Crippen molar-refractivity contribution in [3.63, 3.8) is 0 Å². The quantitative estimate of drug-likeness (QED) is 0.754. The van der Waals surface area contributed by atoms with E-state index in [-0.39, 0.29) is 0 Å². The predicted molar refractivity (Wildman–Crippen MR) is 60.5 cm³/mol. The summed E-state index contributed by atoms with van der Waals surface area (Å²) in [5.41, 5.74) is 0.359. The highest BCUT2D eigenvalue weighted by molar-refractivity contribution is 4.87. The smallest absolute Gasteiger partial charge is 0.0469 e. The first kappa shape index (κ1) is 12.0. The summed E-state index contributed by atoms with van der Waals surface area (Å²) in [6.07, 6.45) is 2.43. The summed E-state index contributed by atoms with van der Waals surface area (Å²) in [6, 6.07) is 0.636. The van der Waals surface area contributed by atoms with Crippen molar-refractivity contribution >= 4 is 0 Å². The monoisotopic (exact) mass is 199 g/mol. The van der Waals surface area contributed by atoms with Crippen molar-refractivity contribution in [1.29, 1.82) is 0 Å². The van der Waals surface area contributed by atoms with Crippen LogP contribution >= 0.6 is 0 Å². The van der Waals surface area contributed by atoms with Crippen LogP contribution < -0.4 is 5.32 Å². The zero-order chi connectivity index (χ0) is 10.6. The third kappa shape index (κ3) is 3.25. The third-order valence-corrected chi connectivity index (χ3v) is 3.09. The Morgan fingerprint density at radius 2 is 1.86 bits per heavy atom. The van der Waals surface area contributed by atoms with E-state index in [0.717, 1.165) is 25.7 Å². The van der Waals surface area contributed by atoms with E-state index in [1.54, 1.807) is 0 Å². The summed E-state index contributed by atoms with van der Waals surface area (Å²) in [5, 5.41) is 3.64. The summed E-state index contributed by atoms with van der Waals surface area (Å²) in [6.45, 7) is 12.1. The molecule has 0 bridgehead atoms. The maximum Gasteiger partial charge on any atom is 0.0469 e. The van der Waals surface area contributed by atoms with E-state index in [1.807, 2.05) is 0 Å². The lowest BCUT2D eigenvalue weighted by Crippen LogP contribution is -2.47. The average Bonchev–Trinajstić information content (AvgIpc) is 2.14. The fraction of sp³-hybridized carbons (Fsp3) is 1.00. The minimum absolute atomic E-state index is 0.359. The first-order valence-electron chi connectivity index (χ1n) is 5.87. The van der Waals surface area contributed by atoms with Gasteiger partial charge in [0, 0.05) is 19.3 Å². The lowest BCUT2D eigenvalue weighted by molar-refractivity contribution is 0.0352. The first-order valence-corrected chi connectivity index (χ1v) is 5.87. The molecule has 0 radical (unpaired) electrons. The minimum Gasteiger partial charge on any atom is -0.381 e. The molecule has 0 aromatic carbocycles. The van der Waals surface area contributed by atoms with Gasteiger partial charge in [-0.2, -0.15) is 0 Å². The van der Waals surface area contributed by atoms with Crippen LogP contribution in [0.15, 0.2) is 0 Å². The summed E-state index contributed by atoms with van der Waals surface area (Å²) >= 11 is 0. The van der Waals surface area contributed by atoms with Crippen molar-refractivity contribution in [3.8, 4) is 0 Å². The molecule has 1 rings (SSSR count). The minimum atomic E-state index is 0.359. The maximum atomic E-state index is 5.41. The number of ether oxygens (including phenoxy) is 1. The lowest BCUT2D eigenvalue weighted by atomic mass is 9.76. The van der Waals surface area contributed by atoms with Crippen LogP contribution in [0.3, 0.4) is 0 Å². The summed E-state index contributed by atoms with van der Waals surface area (Å²) in [4.78, 5) is 0. The van der Waals surface area contributed by atoms with Gasteiger partial charge < -0.3 is 10.1 Å². The van der Waals surface area contributed by atoms with Crippen LogP contribution in [0.2, 0.25) is 0 Å². The van der Waals surface area contributed by atoms with Gasteiger partial charge in [-0.15, -0.1) is 0 Å². The Balaban J connectivity index is 2.56. The molecule has 2 heteroatoms. The van der Waals surface area contributed by atoms with Gasteiger partial charge in [0.15, 0.2) is 0 Å². The van der Waals surface area contributed by atoms with Gasteiger partial charge in [-0.3, -0.25) is 0 Å². The fourth-order valence-electron chi connectivity index (χ4n) is 2.45. The van der Waals surface area contributed by atoms with Crippen molar-refractivity contribution < 1.29 is 4.74 Å². The molecule has 1 unspecified atom stereocenters. The van der Waals surface area contributed by atoms with Gasteiger partial charge in [-0.25, -0.2) is 0 Å². The van der Waals surface area contributed by atoms with E-state index in [1.165, 1.54) is 12.8 Å². The SMILES string of the molecule is CCNC(C1CCOCC1)C(C)(C)C. The van der Waals surface area contributed by atoms with Gasteiger partial charge in [0.25, 0.3) is 0 Å². The average molecular weight is 199 g/mol. The van der Waals surface area contributed by atoms with E-state index >= 15 is 0 Å². The summed E-state index contributed by atoms with van der Waals surface area (Å²) in [7, 11) is 0. The topological polar surface area (TPSA) is 21.3 Å². The molecular weight excluding hydrogens is 174 g/mol. The number of nitrogens with one attached hydrogen (secondary N) is 1. The second-order valence-corrected chi connectivity index (χ2v) is 5.35. The Hall–Kier alpha value is -0.0800. The second-order valence-electron chi connectivity index (χ2n) is 5.35. The molecule has 1 fully saturated rings. The van der Waals surface area contributed by atoms with Gasteiger partial charge in [-0.05, 0) is 30.7 Å². The largest absolute Gasteiger partial charge is 0.381 e. The van der Waals surface area contributed by atoms with E-state index in [9.17, 15) is 0 Å². The third-order valence-electron chi connectivity index (χ3n) is 3.09. The second kappa shape index (κ2) is 5.13.